The Labute approximate surface area is 161 Å². The second-order valence-corrected chi connectivity index (χ2v) is 6.41. The third kappa shape index (κ3) is 3.75. The van der Waals surface area contributed by atoms with Crippen molar-refractivity contribution in [3.63, 3.8) is 0 Å². The molecule has 0 radical (unpaired) electrons. The van der Waals surface area contributed by atoms with E-state index in [0.717, 1.165) is 12.1 Å². The Morgan fingerprint density at radius 1 is 0.786 bits per heavy atom. The molecule has 3 aromatic carbocycles. The van der Waals surface area contributed by atoms with Crippen molar-refractivity contribution in [1.29, 1.82) is 0 Å². The number of ether oxygens (including phenoxy) is 2. The highest BCUT2D eigenvalue weighted by molar-refractivity contribution is 6.31. The topological polar surface area (TPSA) is 51.3 Å². The van der Waals surface area contributed by atoms with E-state index in [9.17, 15) is 18.0 Å². The smallest absolute Gasteiger partial charge is 0.457 e. The molecule has 0 spiro atoms. The first-order valence-corrected chi connectivity index (χ1v) is 8.45. The summed E-state index contributed by atoms with van der Waals surface area (Å²) in [5.41, 5.74) is 1.01. The van der Waals surface area contributed by atoms with Crippen LogP contribution in [0.4, 0.5) is 13.2 Å². The van der Waals surface area contributed by atoms with Gasteiger partial charge in [-0.1, -0.05) is 11.6 Å². The van der Waals surface area contributed by atoms with E-state index < -0.39 is 6.36 Å². The van der Waals surface area contributed by atoms with Crippen molar-refractivity contribution in [3.8, 4) is 17.2 Å². The van der Waals surface area contributed by atoms with Gasteiger partial charge >= 0.3 is 6.36 Å². The number of fused-ring (bicyclic) bond motifs is 2. The maximum atomic E-state index is 12.6. The summed E-state index contributed by atoms with van der Waals surface area (Å²) < 4.78 is 46.1. The van der Waals surface area contributed by atoms with Crippen LogP contribution >= 0.6 is 11.6 Å². The largest absolute Gasteiger partial charge is 0.573 e. The second-order valence-electron chi connectivity index (χ2n) is 5.97. The summed E-state index contributed by atoms with van der Waals surface area (Å²) in [6.07, 6.45) is -4.75. The summed E-state index contributed by atoms with van der Waals surface area (Å²) in [4.78, 5) is 15.8. The van der Waals surface area contributed by atoms with Gasteiger partial charge in [-0.2, -0.15) is 0 Å². The number of H-pyrrole nitrogens is 1. The Morgan fingerprint density at radius 3 is 2.04 bits per heavy atom. The van der Waals surface area contributed by atoms with Crippen LogP contribution in [0.1, 0.15) is 0 Å². The molecule has 0 amide bonds. The first kappa shape index (κ1) is 18.2. The Kier molecular flexibility index (Phi) is 4.39. The monoisotopic (exact) mass is 405 g/mol. The van der Waals surface area contributed by atoms with Crippen LogP contribution in [0.2, 0.25) is 5.02 Å². The van der Waals surface area contributed by atoms with Crippen molar-refractivity contribution < 1.29 is 22.6 Å². The standard InChI is InChI=1S/C20H11ClF3NO3/c21-11-1-7-15-17(9-11)25-18-10-14(6-8-16(18)19(15)26)27-12-2-4-13(5-3-12)28-20(22,23)24/h1-10H,(H,25,26). The average Bonchev–Trinajstić information content (AvgIpc) is 2.62. The molecule has 1 heterocycles. The molecule has 0 aliphatic heterocycles. The molecule has 0 aliphatic carbocycles. The molecule has 0 atom stereocenters. The highest BCUT2D eigenvalue weighted by Gasteiger charge is 2.30. The summed E-state index contributed by atoms with van der Waals surface area (Å²) in [6.45, 7) is 0. The lowest BCUT2D eigenvalue weighted by molar-refractivity contribution is -0.274. The zero-order valence-corrected chi connectivity index (χ0v) is 14.8. The maximum Gasteiger partial charge on any atom is 0.573 e. The van der Waals surface area contributed by atoms with Crippen LogP contribution < -0.4 is 14.9 Å². The lowest BCUT2D eigenvalue weighted by atomic mass is 10.1. The number of alkyl halides is 3. The maximum absolute atomic E-state index is 12.6. The second kappa shape index (κ2) is 6.76. The van der Waals surface area contributed by atoms with Gasteiger partial charge in [-0.15, -0.1) is 13.2 Å². The molecule has 0 fully saturated rings. The summed E-state index contributed by atoms with van der Waals surface area (Å²) in [5, 5.41) is 1.50. The van der Waals surface area contributed by atoms with Gasteiger partial charge in [0.2, 0.25) is 0 Å². The Balaban J connectivity index is 1.66. The van der Waals surface area contributed by atoms with E-state index >= 15 is 0 Å². The van der Waals surface area contributed by atoms with Gasteiger partial charge in [0.15, 0.2) is 5.43 Å². The number of benzene rings is 3. The summed E-state index contributed by atoms with van der Waals surface area (Å²) >= 11 is 5.99. The van der Waals surface area contributed by atoms with Crippen LogP contribution in [0.3, 0.4) is 0 Å². The Bertz CT molecular complexity index is 1230. The molecule has 0 saturated carbocycles. The normalized spacial score (nSPS) is 11.7. The van der Waals surface area contributed by atoms with E-state index in [1.165, 1.54) is 12.1 Å². The van der Waals surface area contributed by atoms with Crippen LogP contribution in [0.15, 0.2) is 65.5 Å². The van der Waals surface area contributed by atoms with Gasteiger partial charge < -0.3 is 14.5 Å². The van der Waals surface area contributed by atoms with Crippen molar-refractivity contribution in [2.24, 2.45) is 0 Å². The number of aromatic nitrogens is 1. The van der Waals surface area contributed by atoms with Gasteiger partial charge in [0, 0.05) is 21.9 Å². The average molecular weight is 406 g/mol. The number of rotatable bonds is 3. The Hall–Kier alpha value is -3.19. The Morgan fingerprint density at radius 2 is 1.36 bits per heavy atom. The highest BCUT2D eigenvalue weighted by atomic mass is 35.5. The van der Waals surface area contributed by atoms with E-state index in [1.54, 1.807) is 36.4 Å². The molecular weight excluding hydrogens is 395 g/mol. The predicted molar refractivity (Wildman–Crippen MR) is 100 cm³/mol. The summed E-state index contributed by atoms with van der Waals surface area (Å²) in [7, 11) is 0. The van der Waals surface area contributed by atoms with Crippen molar-refractivity contribution in [2.45, 2.75) is 6.36 Å². The molecule has 0 aliphatic rings. The fourth-order valence-electron chi connectivity index (χ4n) is 2.84. The third-order valence-electron chi connectivity index (χ3n) is 4.02. The van der Waals surface area contributed by atoms with Crippen molar-refractivity contribution >= 4 is 33.4 Å². The molecule has 4 rings (SSSR count). The third-order valence-corrected chi connectivity index (χ3v) is 4.26. The first-order valence-electron chi connectivity index (χ1n) is 8.07. The quantitative estimate of drug-likeness (QED) is 0.424. The molecule has 0 unspecified atom stereocenters. The summed E-state index contributed by atoms with van der Waals surface area (Å²) in [5.74, 6) is 0.389. The van der Waals surface area contributed by atoms with Crippen molar-refractivity contribution in [2.75, 3.05) is 0 Å². The molecule has 28 heavy (non-hydrogen) atoms. The lowest BCUT2D eigenvalue weighted by Gasteiger charge is -2.10. The number of halogens is 4. The van der Waals surface area contributed by atoms with E-state index in [-0.39, 0.29) is 11.2 Å². The number of pyridine rings is 1. The highest BCUT2D eigenvalue weighted by Crippen LogP contribution is 2.29. The number of aromatic amines is 1. The minimum Gasteiger partial charge on any atom is -0.457 e. The fraction of sp³-hybridized carbons (Fsp3) is 0.0500. The molecular formula is C20H11ClF3NO3. The number of hydrogen-bond acceptors (Lipinski definition) is 3. The van der Waals surface area contributed by atoms with E-state index in [1.807, 2.05) is 0 Å². The molecule has 0 bridgehead atoms. The molecule has 0 saturated heterocycles. The van der Waals surface area contributed by atoms with E-state index in [2.05, 4.69) is 9.72 Å². The lowest BCUT2D eigenvalue weighted by Crippen LogP contribution is -2.16. The molecule has 4 aromatic rings. The molecule has 1 N–H and O–H groups in total. The molecule has 1 aromatic heterocycles. The SMILES string of the molecule is O=c1c2ccc(Cl)cc2[nH]c2cc(Oc3ccc(OC(F)(F)F)cc3)ccc12. The molecule has 4 nitrogen and oxygen atoms in total. The van der Waals surface area contributed by atoms with Crippen LogP contribution in [-0.2, 0) is 0 Å². The van der Waals surface area contributed by atoms with Crippen molar-refractivity contribution in [3.05, 3.63) is 75.9 Å². The van der Waals surface area contributed by atoms with E-state index in [0.29, 0.717) is 38.3 Å². The minimum atomic E-state index is -4.75. The predicted octanol–water partition coefficient (Wildman–Crippen LogP) is 6.03. The number of hydrogen-bond donors (Lipinski definition) is 1. The van der Waals surface area contributed by atoms with Crippen LogP contribution in [0.25, 0.3) is 21.8 Å². The zero-order valence-electron chi connectivity index (χ0n) is 14.0. The molecule has 8 heteroatoms. The van der Waals surface area contributed by atoms with Crippen molar-refractivity contribution in [1.82, 2.24) is 4.98 Å². The van der Waals surface area contributed by atoms with Gasteiger partial charge in [0.25, 0.3) is 0 Å². The van der Waals surface area contributed by atoms with Gasteiger partial charge in [0.1, 0.15) is 17.2 Å². The van der Waals surface area contributed by atoms with Crippen LogP contribution in [0, 0.1) is 0 Å². The van der Waals surface area contributed by atoms with Gasteiger partial charge in [-0.3, -0.25) is 4.79 Å². The zero-order chi connectivity index (χ0) is 19.9. The minimum absolute atomic E-state index is 0.138. The summed E-state index contributed by atoms with van der Waals surface area (Å²) in [6, 6.07) is 14.9. The first-order chi connectivity index (χ1) is 13.3. The van der Waals surface area contributed by atoms with Crippen LogP contribution in [-0.4, -0.2) is 11.3 Å². The van der Waals surface area contributed by atoms with Gasteiger partial charge in [-0.25, -0.2) is 0 Å². The van der Waals surface area contributed by atoms with Gasteiger partial charge in [-0.05, 0) is 54.6 Å². The van der Waals surface area contributed by atoms with E-state index in [4.69, 9.17) is 16.3 Å². The number of nitrogens with one attached hydrogen (secondary N) is 1. The van der Waals surface area contributed by atoms with Crippen LogP contribution in [0.5, 0.6) is 17.2 Å². The fourth-order valence-corrected chi connectivity index (χ4v) is 3.01. The molecule has 142 valence electrons. The van der Waals surface area contributed by atoms with Gasteiger partial charge in [0.05, 0.1) is 11.0 Å².